The van der Waals surface area contributed by atoms with E-state index in [-0.39, 0.29) is 5.69 Å². The third kappa shape index (κ3) is 6.58. The molecule has 3 rings (SSSR count). The molecule has 1 N–H and O–H groups in total. The lowest BCUT2D eigenvalue weighted by Crippen LogP contribution is -2.46. The molecule has 0 aliphatic carbocycles. The summed E-state index contributed by atoms with van der Waals surface area (Å²) in [5.74, 6) is 0.0599. The van der Waals surface area contributed by atoms with E-state index < -0.39 is 24.3 Å². The Balaban J connectivity index is 1.67. The Kier molecular flexibility index (Phi) is 8.19. The van der Waals surface area contributed by atoms with Gasteiger partial charge in [0.1, 0.15) is 4.99 Å². The number of carbonyl (C=O) groups excluding carboxylic acids is 1. The SMILES string of the molecule is COc1cc(C(=S)N2CCN(C)CC2)cc(Br)c1OCC(=O)Nc1cccc(C(F)(F)F)c1. The third-order valence-electron chi connectivity index (χ3n) is 5.09. The van der Waals surface area contributed by atoms with Crippen LogP contribution in [0.1, 0.15) is 11.1 Å². The van der Waals surface area contributed by atoms with Gasteiger partial charge in [0.2, 0.25) is 0 Å². The zero-order valence-corrected chi connectivity index (χ0v) is 20.4. The number of hydrogen-bond donors (Lipinski definition) is 1. The van der Waals surface area contributed by atoms with Crippen molar-refractivity contribution in [2.75, 3.05) is 52.3 Å². The van der Waals surface area contributed by atoms with Crippen LogP contribution in [0.25, 0.3) is 0 Å². The summed E-state index contributed by atoms with van der Waals surface area (Å²) < 4.78 is 50.2. The number of rotatable bonds is 6. The largest absolute Gasteiger partial charge is 0.493 e. The van der Waals surface area contributed by atoms with Gasteiger partial charge in [-0.15, -0.1) is 0 Å². The molecular formula is C22H23BrF3N3O3S. The van der Waals surface area contributed by atoms with E-state index in [0.29, 0.717) is 21.0 Å². The van der Waals surface area contributed by atoms with Crippen molar-refractivity contribution in [2.45, 2.75) is 6.18 Å². The molecule has 1 amide bonds. The van der Waals surface area contributed by atoms with Crippen molar-refractivity contribution in [1.82, 2.24) is 9.80 Å². The Bertz CT molecular complexity index is 1030. The fourth-order valence-corrected chi connectivity index (χ4v) is 4.14. The maximum Gasteiger partial charge on any atom is 0.416 e. The van der Waals surface area contributed by atoms with Crippen molar-refractivity contribution >= 4 is 44.7 Å². The summed E-state index contributed by atoms with van der Waals surface area (Å²) in [6.45, 7) is 3.06. The van der Waals surface area contributed by atoms with Crippen LogP contribution in [0.15, 0.2) is 40.9 Å². The van der Waals surface area contributed by atoms with Crippen LogP contribution in [0.5, 0.6) is 11.5 Å². The molecule has 1 aliphatic rings. The minimum atomic E-state index is -4.50. The van der Waals surface area contributed by atoms with Crippen molar-refractivity contribution in [2.24, 2.45) is 0 Å². The van der Waals surface area contributed by atoms with Crippen LogP contribution in [0.2, 0.25) is 0 Å². The molecule has 11 heteroatoms. The van der Waals surface area contributed by atoms with E-state index in [2.05, 4.69) is 38.1 Å². The van der Waals surface area contributed by atoms with E-state index in [0.717, 1.165) is 43.9 Å². The zero-order valence-electron chi connectivity index (χ0n) is 18.0. The Morgan fingerprint density at radius 2 is 1.88 bits per heavy atom. The number of alkyl halides is 3. The number of thiocarbonyl (C=S) groups is 1. The van der Waals surface area contributed by atoms with Gasteiger partial charge in [0.25, 0.3) is 5.91 Å². The Morgan fingerprint density at radius 3 is 2.52 bits per heavy atom. The van der Waals surface area contributed by atoms with Crippen LogP contribution in [0.4, 0.5) is 18.9 Å². The second kappa shape index (κ2) is 10.7. The van der Waals surface area contributed by atoms with Crippen LogP contribution in [-0.2, 0) is 11.0 Å². The highest BCUT2D eigenvalue weighted by Gasteiger charge is 2.30. The normalized spacial score (nSPS) is 14.7. The first-order valence-electron chi connectivity index (χ1n) is 10.0. The number of benzene rings is 2. The van der Waals surface area contributed by atoms with Gasteiger partial charge in [-0.2, -0.15) is 13.2 Å². The quantitative estimate of drug-likeness (QED) is 0.542. The highest BCUT2D eigenvalue weighted by atomic mass is 79.9. The van der Waals surface area contributed by atoms with Gasteiger partial charge < -0.3 is 24.6 Å². The van der Waals surface area contributed by atoms with E-state index in [9.17, 15) is 18.0 Å². The second-order valence-electron chi connectivity index (χ2n) is 7.50. The van der Waals surface area contributed by atoms with E-state index in [1.165, 1.54) is 19.2 Å². The number of halogens is 4. The molecular weight excluding hydrogens is 523 g/mol. The average molecular weight is 546 g/mol. The molecule has 0 radical (unpaired) electrons. The van der Waals surface area contributed by atoms with Gasteiger partial charge in [0.05, 0.1) is 17.1 Å². The molecule has 0 spiro atoms. The molecule has 2 aromatic rings. The topological polar surface area (TPSA) is 54.0 Å². The van der Waals surface area contributed by atoms with Crippen molar-refractivity contribution < 1.29 is 27.4 Å². The molecule has 0 bridgehead atoms. The molecule has 2 aromatic carbocycles. The van der Waals surface area contributed by atoms with Crippen LogP contribution in [-0.4, -0.2) is 67.6 Å². The molecule has 1 fully saturated rings. The number of amides is 1. The van der Waals surface area contributed by atoms with Crippen molar-refractivity contribution in [1.29, 1.82) is 0 Å². The number of hydrogen-bond acceptors (Lipinski definition) is 5. The molecule has 178 valence electrons. The summed E-state index contributed by atoms with van der Waals surface area (Å²) >= 11 is 9.09. The minimum absolute atomic E-state index is 0.0253. The molecule has 1 aliphatic heterocycles. The molecule has 33 heavy (non-hydrogen) atoms. The van der Waals surface area contributed by atoms with Crippen LogP contribution >= 0.6 is 28.1 Å². The second-order valence-corrected chi connectivity index (χ2v) is 8.74. The maximum atomic E-state index is 12.9. The van der Waals surface area contributed by atoms with Gasteiger partial charge >= 0.3 is 6.18 Å². The van der Waals surface area contributed by atoms with Crippen molar-refractivity contribution in [3.05, 3.63) is 52.0 Å². The molecule has 1 saturated heterocycles. The smallest absolute Gasteiger partial charge is 0.416 e. The van der Waals surface area contributed by atoms with Gasteiger partial charge in [-0.05, 0) is 53.3 Å². The first kappa shape index (κ1) is 25.3. The maximum absolute atomic E-state index is 12.9. The summed E-state index contributed by atoms with van der Waals surface area (Å²) in [4.78, 5) is 17.3. The van der Waals surface area contributed by atoms with Gasteiger partial charge in [-0.25, -0.2) is 0 Å². The standard InChI is InChI=1S/C22H23BrF3N3O3S/c1-28-6-8-29(9-7-28)21(33)14-10-17(23)20(18(11-14)31-2)32-13-19(30)27-16-5-3-4-15(12-16)22(24,25)26/h3-5,10-12H,6-9,13H2,1-2H3,(H,27,30). The number of nitrogens with zero attached hydrogens (tertiary/aromatic N) is 2. The summed E-state index contributed by atoms with van der Waals surface area (Å²) in [5.41, 5.74) is -0.0473. The van der Waals surface area contributed by atoms with E-state index >= 15 is 0 Å². The number of methoxy groups -OCH3 is 1. The van der Waals surface area contributed by atoms with Gasteiger partial charge in [0, 0.05) is 37.4 Å². The lowest BCUT2D eigenvalue weighted by atomic mass is 10.1. The third-order valence-corrected chi connectivity index (χ3v) is 6.17. The highest BCUT2D eigenvalue weighted by Crippen LogP contribution is 2.37. The van der Waals surface area contributed by atoms with Gasteiger partial charge in [-0.1, -0.05) is 18.3 Å². The zero-order chi connectivity index (χ0) is 24.2. The first-order chi connectivity index (χ1) is 15.6. The predicted molar refractivity (Wildman–Crippen MR) is 127 cm³/mol. The monoisotopic (exact) mass is 545 g/mol. The Morgan fingerprint density at radius 1 is 1.18 bits per heavy atom. The van der Waals surface area contributed by atoms with Gasteiger partial charge in [0.15, 0.2) is 18.1 Å². The summed E-state index contributed by atoms with van der Waals surface area (Å²) in [7, 11) is 3.54. The van der Waals surface area contributed by atoms with Crippen LogP contribution in [0, 0.1) is 0 Å². The summed E-state index contributed by atoms with van der Waals surface area (Å²) in [5, 5.41) is 2.41. The number of anilines is 1. The minimum Gasteiger partial charge on any atom is -0.493 e. The fraction of sp³-hybridized carbons (Fsp3) is 0.364. The molecule has 1 heterocycles. The van der Waals surface area contributed by atoms with Crippen LogP contribution in [0.3, 0.4) is 0 Å². The molecule has 0 aromatic heterocycles. The van der Waals surface area contributed by atoms with Crippen LogP contribution < -0.4 is 14.8 Å². The molecule has 0 atom stereocenters. The Labute approximate surface area is 203 Å². The van der Waals surface area contributed by atoms with E-state index in [1.54, 1.807) is 12.1 Å². The summed E-state index contributed by atoms with van der Waals surface area (Å²) in [6, 6.07) is 7.93. The first-order valence-corrected chi connectivity index (χ1v) is 11.2. The predicted octanol–water partition coefficient (Wildman–Crippen LogP) is 4.42. The summed E-state index contributed by atoms with van der Waals surface area (Å²) in [6.07, 6.45) is -4.50. The molecule has 0 unspecified atom stereocenters. The highest BCUT2D eigenvalue weighted by molar-refractivity contribution is 9.10. The number of ether oxygens (including phenoxy) is 2. The van der Waals surface area contributed by atoms with Crippen molar-refractivity contribution in [3.63, 3.8) is 0 Å². The fourth-order valence-electron chi connectivity index (χ4n) is 3.28. The van der Waals surface area contributed by atoms with Crippen molar-refractivity contribution in [3.8, 4) is 11.5 Å². The molecule has 0 saturated carbocycles. The van der Waals surface area contributed by atoms with E-state index in [1.807, 2.05) is 0 Å². The Hall–Kier alpha value is -2.37. The lowest BCUT2D eigenvalue weighted by Gasteiger charge is -2.34. The number of piperazine rings is 1. The average Bonchev–Trinajstić information content (AvgIpc) is 2.77. The lowest BCUT2D eigenvalue weighted by molar-refractivity contribution is -0.137. The number of nitrogens with one attached hydrogen (secondary N) is 1. The van der Waals surface area contributed by atoms with Gasteiger partial charge in [-0.3, -0.25) is 4.79 Å². The number of likely N-dealkylation sites (N-methyl/N-ethyl adjacent to an activating group) is 1. The molecule has 6 nitrogen and oxygen atoms in total. The van der Waals surface area contributed by atoms with E-state index in [4.69, 9.17) is 21.7 Å². The number of carbonyl (C=O) groups is 1.